The maximum Gasteiger partial charge on any atom is 0.229 e. The topological polar surface area (TPSA) is 71.8 Å². The van der Waals surface area contributed by atoms with Crippen LogP contribution >= 0.6 is 11.3 Å². The molecule has 0 bridgehead atoms. The highest BCUT2D eigenvalue weighted by molar-refractivity contribution is 7.20. The summed E-state index contributed by atoms with van der Waals surface area (Å²) in [5, 5.41) is 8.45. The lowest BCUT2D eigenvalue weighted by Gasteiger charge is -2.31. The van der Waals surface area contributed by atoms with Gasteiger partial charge in [0.05, 0.1) is 24.9 Å². The number of nitrogens with one attached hydrogen (secondary N) is 1. The molecule has 1 atom stereocenters. The van der Waals surface area contributed by atoms with Crippen LogP contribution in [0.2, 0.25) is 0 Å². The maximum absolute atomic E-state index is 13.1. The number of imidazole rings is 1. The SMILES string of the molecule is COc1ccc(-c2cn3nc(N4CCC[C@H](C(=O)Nc5ccc(F)cc5)C4)sc3n2)cc1. The predicted octanol–water partition coefficient (Wildman–Crippen LogP) is 4.46. The van der Waals surface area contributed by atoms with Gasteiger partial charge in [0.15, 0.2) is 0 Å². The van der Waals surface area contributed by atoms with Gasteiger partial charge in [0, 0.05) is 24.3 Å². The van der Waals surface area contributed by atoms with Gasteiger partial charge in [-0.1, -0.05) is 11.3 Å². The normalized spacial score (nSPS) is 16.3. The highest BCUT2D eigenvalue weighted by Crippen LogP contribution is 2.30. The minimum Gasteiger partial charge on any atom is -0.497 e. The van der Waals surface area contributed by atoms with E-state index in [1.165, 1.54) is 23.5 Å². The van der Waals surface area contributed by atoms with E-state index < -0.39 is 0 Å². The summed E-state index contributed by atoms with van der Waals surface area (Å²) >= 11 is 1.51. The Bertz CT molecular complexity index is 1200. The van der Waals surface area contributed by atoms with Crippen molar-refractivity contribution in [1.29, 1.82) is 0 Å². The molecule has 1 fully saturated rings. The molecular formula is C23H22FN5O2S. The molecule has 0 aliphatic carbocycles. The summed E-state index contributed by atoms with van der Waals surface area (Å²) in [7, 11) is 1.64. The molecule has 1 N–H and O–H groups in total. The van der Waals surface area contributed by atoms with E-state index in [2.05, 4.69) is 10.2 Å². The summed E-state index contributed by atoms with van der Waals surface area (Å²) < 4.78 is 20.1. The lowest BCUT2D eigenvalue weighted by molar-refractivity contribution is -0.120. The van der Waals surface area contributed by atoms with Crippen LogP contribution in [0, 0.1) is 11.7 Å². The molecule has 4 aromatic rings. The predicted molar refractivity (Wildman–Crippen MR) is 123 cm³/mol. The third-order valence-electron chi connectivity index (χ3n) is 5.59. The molecule has 0 unspecified atom stereocenters. The van der Waals surface area contributed by atoms with E-state index in [1.807, 2.05) is 30.5 Å². The standard InChI is InChI=1S/C23H22FN5O2S/c1-31-19-10-4-15(5-11-19)20-14-29-22(26-20)32-23(27-29)28-12-2-3-16(13-28)21(30)25-18-8-6-17(24)7-9-18/h4-11,14,16H,2-3,12-13H2,1H3,(H,25,30)/t16-/m0/s1. The first kappa shape index (κ1) is 20.4. The van der Waals surface area contributed by atoms with Crippen molar-refractivity contribution < 1.29 is 13.9 Å². The highest BCUT2D eigenvalue weighted by Gasteiger charge is 2.28. The van der Waals surface area contributed by atoms with Crippen LogP contribution in [-0.4, -0.2) is 40.7 Å². The van der Waals surface area contributed by atoms with Crippen LogP contribution in [-0.2, 0) is 4.79 Å². The third-order valence-corrected chi connectivity index (χ3v) is 6.58. The number of aromatic nitrogens is 3. The van der Waals surface area contributed by atoms with Crippen molar-refractivity contribution in [3.05, 3.63) is 60.5 Å². The number of anilines is 2. The fraction of sp³-hybridized carbons (Fsp3) is 0.261. The van der Waals surface area contributed by atoms with Gasteiger partial charge in [0.25, 0.3) is 0 Å². The average molecular weight is 452 g/mol. The molecule has 1 aliphatic rings. The minimum absolute atomic E-state index is 0.0515. The molecule has 1 aliphatic heterocycles. The fourth-order valence-electron chi connectivity index (χ4n) is 3.86. The van der Waals surface area contributed by atoms with Crippen LogP contribution in [0.15, 0.2) is 54.7 Å². The number of hydrogen-bond acceptors (Lipinski definition) is 6. The molecule has 3 heterocycles. The Morgan fingerprint density at radius 2 is 1.97 bits per heavy atom. The van der Waals surface area contributed by atoms with Gasteiger partial charge in [-0.15, -0.1) is 5.10 Å². The highest BCUT2D eigenvalue weighted by atomic mass is 32.1. The number of carbonyl (C=O) groups is 1. The zero-order valence-electron chi connectivity index (χ0n) is 17.5. The zero-order valence-corrected chi connectivity index (χ0v) is 18.3. The molecule has 7 nitrogen and oxygen atoms in total. The van der Waals surface area contributed by atoms with Gasteiger partial charge in [-0.3, -0.25) is 4.79 Å². The van der Waals surface area contributed by atoms with E-state index >= 15 is 0 Å². The number of ether oxygens (including phenoxy) is 1. The number of methoxy groups -OCH3 is 1. The smallest absolute Gasteiger partial charge is 0.229 e. The van der Waals surface area contributed by atoms with E-state index in [9.17, 15) is 9.18 Å². The van der Waals surface area contributed by atoms with Crippen LogP contribution in [0.3, 0.4) is 0 Å². The van der Waals surface area contributed by atoms with Gasteiger partial charge in [-0.25, -0.2) is 13.9 Å². The second kappa shape index (κ2) is 8.58. The Hall–Kier alpha value is -3.46. The Kier molecular flexibility index (Phi) is 5.48. The summed E-state index contributed by atoms with van der Waals surface area (Å²) in [6.45, 7) is 1.44. The van der Waals surface area contributed by atoms with E-state index in [0.717, 1.165) is 46.5 Å². The lowest BCUT2D eigenvalue weighted by atomic mass is 9.97. The Morgan fingerprint density at radius 1 is 1.19 bits per heavy atom. The number of fused-ring (bicyclic) bond motifs is 1. The third kappa shape index (κ3) is 4.16. The molecule has 1 saturated heterocycles. The molecule has 5 rings (SSSR count). The van der Waals surface area contributed by atoms with E-state index in [1.54, 1.807) is 23.8 Å². The quantitative estimate of drug-likeness (QED) is 0.485. The molecule has 0 saturated carbocycles. The molecular weight excluding hydrogens is 429 g/mol. The zero-order chi connectivity index (χ0) is 22.1. The Morgan fingerprint density at radius 3 is 2.69 bits per heavy atom. The summed E-state index contributed by atoms with van der Waals surface area (Å²) in [5.74, 6) is 0.276. The number of amides is 1. The van der Waals surface area contributed by atoms with Gasteiger partial charge in [-0.05, 0) is 61.4 Å². The van der Waals surface area contributed by atoms with Gasteiger partial charge in [-0.2, -0.15) is 0 Å². The van der Waals surface area contributed by atoms with Crippen molar-refractivity contribution in [2.75, 3.05) is 30.4 Å². The summed E-state index contributed by atoms with van der Waals surface area (Å²) in [5.41, 5.74) is 2.46. The molecule has 32 heavy (non-hydrogen) atoms. The van der Waals surface area contributed by atoms with E-state index in [4.69, 9.17) is 14.8 Å². The first-order valence-electron chi connectivity index (χ1n) is 10.4. The molecule has 0 spiro atoms. The van der Waals surface area contributed by atoms with Crippen LogP contribution in [0.25, 0.3) is 16.2 Å². The number of piperidine rings is 1. The van der Waals surface area contributed by atoms with Crippen LogP contribution in [0.1, 0.15) is 12.8 Å². The van der Waals surface area contributed by atoms with E-state index in [-0.39, 0.29) is 17.6 Å². The number of rotatable bonds is 5. The van der Waals surface area contributed by atoms with Gasteiger partial charge in [0.2, 0.25) is 16.0 Å². The fourth-order valence-corrected chi connectivity index (χ4v) is 4.78. The van der Waals surface area contributed by atoms with Crippen molar-refractivity contribution in [3.8, 4) is 17.0 Å². The van der Waals surface area contributed by atoms with Gasteiger partial charge >= 0.3 is 0 Å². The van der Waals surface area contributed by atoms with Gasteiger partial charge in [0.1, 0.15) is 11.6 Å². The van der Waals surface area contributed by atoms with Crippen molar-refractivity contribution in [1.82, 2.24) is 14.6 Å². The summed E-state index contributed by atoms with van der Waals surface area (Å²) in [4.78, 5) is 20.4. The Balaban J connectivity index is 1.28. The first-order valence-corrected chi connectivity index (χ1v) is 11.2. The number of nitrogens with zero attached hydrogens (tertiary/aromatic N) is 4. The maximum atomic E-state index is 13.1. The van der Waals surface area contributed by atoms with E-state index in [0.29, 0.717) is 12.2 Å². The van der Waals surface area contributed by atoms with Crippen molar-refractivity contribution >= 4 is 33.0 Å². The summed E-state index contributed by atoms with van der Waals surface area (Å²) in [6.07, 6.45) is 3.63. The van der Waals surface area contributed by atoms with Crippen molar-refractivity contribution in [2.24, 2.45) is 5.92 Å². The summed E-state index contributed by atoms with van der Waals surface area (Å²) in [6, 6.07) is 13.6. The van der Waals surface area contributed by atoms with Gasteiger partial charge < -0.3 is 15.0 Å². The average Bonchev–Trinajstić information content (AvgIpc) is 3.40. The molecule has 0 radical (unpaired) electrons. The monoisotopic (exact) mass is 451 g/mol. The van der Waals surface area contributed by atoms with Crippen LogP contribution in [0.5, 0.6) is 5.75 Å². The first-order chi connectivity index (χ1) is 15.6. The minimum atomic E-state index is -0.323. The molecule has 164 valence electrons. The second-order valence-electron chi connectivity index (χ2n) is 7.75. The van der Waals surface area contributed by atoms with Crippen molar-refractivity contribution in [2.45, 2.75) is 12.8 Å². The Labute approximate surface area is 188 Å². The van der Waals surface area contributed by atoms with Crippen molar-refractivity contribution in [3.63, 3.8) is 0 Å². The number of hydrogen-bond donors (Lipinski definition) is 1. The molecule has 1 amide bonds. The second-order valence-corrected chi connectivity index (χ2v) is 8.68. The van der Waals surface area contributed by atoms with Crippen LogP contribution in [0.4, 0.5) is 15.2 Å². The number of benzene rings is 2. The number of carbonyl (C=O) groups excluding carboxylic acids is 1. The lowest BCUT2D eigenvalue weighted by Crippen LogP contribution is -2.40. The largest absolute Gasteiger partial charge is 0.497 e. The molecule has 2 aromatic carbocycles. The number of halogens is 1. The van der Waals surface area contributed by atoms with Crippen LogP contribution < -0.4 is 15.0 Å². The molecule has 2 aromatic heterocycles. The molecule has 9 heteroatoms.